The molecule has 1 aromatic carbocycles. The molecular weight excluding hydrogens is 378 g/mol. The Morgan fingerprint density at radius 3 is 2.76 bits per heavy atom. The normalized spacial score (nSPS) is 17.8. The number of carbonyl (C=O) groups excluding carboxylic acids is 1. The molecule has 0 unspecified atom stereocenters. The predicted octanol–water partition coefficient (Wildman–Crippen LogP) is 5.44. The Morgan fingerprint density at radius 1 is 1.10 bits per heavy atom. The number of rotatable bonds is 3. The zero-order valence-electron chi connectivity index (χ0n) is 16.9. The Balaban J connectivity index is 1.68. The molecule has 5 heteroatoms. The van der Waals surface area contributed by atoms with E-state index >= 15 is 0 Å². The van der Waals surface area contributed by atoms with E-state index < -0.39 is 0 Å². The molecule has 0 bridgehead atoms. The summed E-state index contributed by atoms with van der Waals surface area (Å²) in [7, 11) is 0. The number of aromatic nitrogens is 1. The summed E-state index contributed by atoms with van der Waals surface area (Å²) in [6.45, 7) is 3.46. The Labute approximate surface area is 176 Å². The highest BCUT2D eigenvalue weighted by Crippen LogP contribution is 2.43. The molecule has 5 rings (SSSR count). The van der Waals surface area contributed by atoms with Crippen LogP contribution in [0.2, 0.25) is 0 Å². The quantitative estimate of drug-likeness (QED) is 0.619. The molecule has 29 heavy (non-hydrogen) atoms. The fraction of sp³-hybridized carbons (Fsp3) is 0.375. The highest BCUT2D eigenvalue weighted by Gasteiger charge is 2.35. The molecule has 0 spiro atoms. The molecular formula is C24H27N3OS. The van der Waals surface area contributed by atoms with Gasteiger partial charge in [-0.25, -0.2) is 4.79 Å². The van der Waals surface area contributed by atoms with Crippen LogP contribution in [0.25, 0.3) is 5.00 Å². The van der Waals surface area contributed by atoms with Gasteiger partial charge in [-0.1, -0.05) is 37.3 Å². The number of carbonyl (C=O) groups is 1. The molecule has 3 heterocycles. The lowest BCUT2D eigenvalue weighted by atomic mass is 9.95. The van der Waals surface area contributed by atoms with Crippen LogP contribution in [0.1, 0.15) is 59.5 Å². The highest BCUT2D eigenvalue weighted by atomic mass is 32.1. The first-order valence-corrected chi connectivity index (χ1v) is 11.5. The maximum absolute atomic E-state index is 13.3. The Kier molecular flexibility index (Phi) is 4.92. The number of amides is 2. The number of hydrogen-bond acceptors (Lipinski definition) is 2. The lowest BCUT2D eigenvalue weighted by Gasteiger charge is -2.31. The maximum atomic E-state index is 13.3. The van der Waals surface area contributed by atoms with Gasteiger partial charge in [0.05, 0.1) is 18.3 Å². The fourth-order valence-electron chi connectivity index (χ4n) is 4.71. The van der Waals surface area contributed by atoms with Crippen LogP contribution in [0.3, 0.4) is 0 Å². The molecule has 1 N–H and O–H groups in total. The van der Waals surface area contributed by atoms with Crippen LogP contribution in [0.5, 0.6) is 0 Å². The van der Waals surface area contributed by atoms with Gasteiger partial charge in [0.2, 0.25) is 0 Å². The third kappa shape index (κ3) is 3.18. The van der Waals surface area contributed by atoms with Gasteiger partial charge in [0.15, 0.2) is 0 Å². The molecule has 1 aliphatic heterocycles. The van der Waals surface area contributed by atoms with E-state index in [0.717, 1.165) is 18.4 Å². The van der Waals surface area contributed by atoms with E-state index in [9.17, 15) is 4.79 Å². The van der Waals surface area contributed by atoms with Crippen molar-refractivity contribution in [2.75, 3.05) is 6.54 Å². The van der Waals surface area contributed by atoms with Crippen LogP contribution < -0.4 is 5.32 Å². The first-order valence-electron chi connectivity index (χ1n) is 10.7. The van der Waals surface area contributed by atoms with Crippen molar-refractivity contribution in [3.8, 4) is 5.00 Å². The summed E-state index contributed by atoms with van der Waals surface area (Å²) in [6, 6.07) is 14.6. The maximum Gasteiger partial charge on any atom is 0.318 e. The van der Waals surface area contributed by atoms with Crippen LogP contribution in [-0.2, 0) is 19.4 Å². The zero-order valence-corrected chi connectivity index (χ0v) is 17.7. The number of nitrogens with one attached hydrogen (secondary N) is 1. The first-order chi connectivity index (χ1) is 14.3. The van der Waals surface area contributed by atoms with Crippen molar-refractivity contribution in [2.45, 2.75) is 51.6 Å². The van der Waals surface area contributed by atoms with Gasteiger partial charge in [0.25, 0.3) is 0 Å². The molecule has 150 valence electrons. The lowest BCUT2D eigenvalue weighted by Crippen LogP contribution is -2.42. The van der Waals surface area contributed by atoms with Crippen LogP contribution in [0.15, 0.2) is 48.7 Å². The van der Waals surface area contributed by atoms with Gasteiger partial charge in [0, 0.05) is 23.2 Å². The molecule has 2 aliphatic rings. The topological polar surface area (TPSA) is 37.3 Å². The Morgan fingerprint density at radius 2 is 1.93 bits per heavy atom. The lowest BCUT2D eigenvalue weighted by molar-refractivity contribution is 0.180. The molecule has 2 amide bonds. The summed E-state index contributed by atoms with van der Waals surface area (Å²) < 4.78 is 2.34. The molecule has 1 atom stereocenters. The van der Waals surface area contributed by atoms with Crippen LogP contribution in [0, 0.1) is 0 Å². The van der Waals surface area contributed by atoms with Crippen molar-refractivity contribution in [3.63, 3.8) is 0 Å². The van der Waals surface area contributed by atoms with Gasteiger partial charge in [-0.15, -0.1) is 11.3 Å². The Hall–Kier alpha value is -2.53. The van der Waals surface area contributed by atoms with Gasteiger partial charge < -0.3 is 14.8 Å². The number of nitrogens with zero attached hydrogens (tertiary/aromatic N) is 2. The molecule has 1 aliphatic carbocycles. The van der Waals surface area contributed by atoms with Crippen molar-refractivity contribution < 1.29 is 4.79 Å². The molecule has 4 nitrogen and oxygen atoms in total. The second-order valence-electron chi connectivity index (χ2n) is 7.97. The summed E-state index contributed by atoms with van der Waals surface area (Å²) in [4.78, 5) is 16.9. The average molecular weight is 406 g/mol. The van der Waals surface area contributed by atoms with Crippen molar-refractivity contribution in [1.82, 2.24) is 14.8 Å². The zero-order chi connectivity index (χ0) is 19.8. The van der Waals surface area contributed by atoms with Gasteiger partial charge >= 0.3 is 6.03 Å². The van der Waals surface area contributed by atoms with E-state index in [0.29, 0.717) is 13.1 Å². The minimum absolute atomic E-state index is 0.0251. The Bertz CT molecular complexity index is 1020. The number of aryl methyl sites for hydroxylation is 1. The largest absolute Gasteiger partial charge is 0.338 e. The fourth-order valence-corrected chi connectivity index (χ4v) is 6.11. The van der Waals surface area contributed by atoms with Crippen molar-refractivity contribution in [3.05, 3.63) is 75.9 Å². The van der Waals surface area contributed by atoms with Gasteiger partial charge in [0.1, 0.15) is 5.00 Å². The van der Waals surface area contributed by atoms with Crippen LogP contribution >= 0.6 is 11.3 Å². The first kappa shape index (κ1) is 18.5. The predicted molar refractivity (Wildman–Crippen MR) is 118 cm³/mol. The van der Waals surface area contributed by atoms with Crippen molar-refractivity contribution >= 4 is 17.4 Å². The monoisotopic (exact) mass is 405 g/mol. The van der Waals surface area contributed by atoms with Gasteiger partial charge in [-0.05, 0) is 55.4 Å². The standard InChI is InChI=1S/C24H27N3OS/c1-2-14-25-24(28)27-16-19-18-11-6-7-13-21(18)29-23(19)26-15-8-12-20(26)22(27)17-9-4-3-5-10-17/h3-5,8-10,12,15,22H,2,6-7,11,13-14,16H2,1H3,(H,25,28)/t22-/m1/s1. The average Bonchev–Trinajstić information content (AvgIpc) is 3.34. The molecule has 2 aromatic heterocycles. The second kappa shape index (κ2) is 7.71. The third-order valence-corrected chi connectivity index (χ3v) is 7.41. The van der Waals surface area contributed by atoms with Gasteiger partial charge in [-0.2, -0.15) is 0 Å². The van der Waals surface area contributed by atoms with Crippen molar-refractivity contribution in [1.29, 1.82) is 0 Å². The summed E-state index contributed by atoms with van der Waals surface area (Å²) in [5.74, 6) is 0. The van der Waals surface area contributed by atoms with E-state index in [2.05, 4.69) is 59.4 Å². The van der Waals surface area contributed by atoms with E-state index in [1.54, 1.807) is 0 Å². The number of benzene rings is 1. The molecule has 0 radical (unpaired) electrons. The van der Waals surface area contributed by atoms with Crippen LogP contribution in [-0.4, -0.2) is 22.0 Å². The van der Waals surface area contributed by atoms with Crippen LogP contribution in [0.4, 0.5) is 4.79 Å². The number of thiophene rings is 1. The molecule has 0 fully saturated rings. The SMILES string of the molecule is CCCNC(=O)N1Cc2c(sc3c2CCCC3)-n2cccc2[C@H]1c1ccccc1. The third-order valence-electron chi connectivity index (χ3n) is 6.08. The van der Waals surface area contributed by atoms with E-state index in [4.69, 9.17) is 0 Å². The minimum atomic E-state index is -0.0955. The van der Waals surface area contributed by atoms with E-state index in [-0.39, 0.29) is 12.1 Å². The van der Waals surface area contributed by atoms with E-state index in [1.807, 2.05) is 22.3 Å². The molecule has 3 aromatic rings. The van der Waals surface area contributed by atoms with Crippen molar-refractivity contribution in [2.24, 2.45) is 0 Å². The second-order valence-corrected chi connectivity index (χ2v) is 9.05. The highest BCUT2D eigenvalue weighted by molar-refractivity contribution is 7.15. The summed E-state index contributed by atoms with van der Waals surface area (Å²) >= 11 is 1.93. The summed E-state index contributed by atoms with van der Waals surface area (Å²) in [5, 5.41) is 4.45. The number of fused-ring (bicyclic) bond motifs is 5. The molecule has 0 saturated carbocycles. The molecule has 0 saturated heterocycles. The summed E-state index contributed by atoms with van der Waals surface area (Å²) in [5.41, 5.74) is 5.17. The smallest absolute Gasteiger partial charge is 0.318 e. The summed E-state index contributed by atoms with van der Waals surface area (Å²) in [6.07, 6.45) is 7.94. The number of hydrogen-bond donors (Lipinski definition) is 1. The minimum Gasteiger partial charge on any atom is -0.338 e. The van der Waals surface area contributed by atoms with Gasteiger partial charge in [-0.3, -0.25) is 0 Å². The number of urea groups is 1. The van der Waals surface area contributed by atoms with E-state index in [1.165, 1.54) is 46.0 Å².